The van der Waals surface area contributed by atoms with E-state index in [9.17, 15) is 0 Å². The maximum absolute atomic E-state index is 5.61. The Kier molecular flexibility index (Phi) is 5.41. The van der Waals surface area contributed by atoms with Crippen LogP contribution >= 0.6 is 23.1 Å². The number of hydrogen-bond acceptors (Lipinski definition) is 5. The maximum Gasteiger partial charge on any atom is 0.129 e. The van der Waals surface area contributed by atoms with E-state index in [-0.39, 0.29) is 0 Å². The van der Waals surface area contributed by atoms with E-state index >= 15 is 0 Å². The zero-order chi connectivity index (χ0) is 14.5. The summed E-state index contributed by atoms with van der Waals surface area (Å²) in [7, 11) is 0. The molecular formula is C16H21NO2S2. The number of nitrogens with one attached hydrogen (secondary N) is 1. The topological polar surface area (TPSA) is 34.4 Å². The third-order valence-corrected chi connectivity index (χ3v) is 5.93. The average Bonchev–Trinajstić information content (AvgIpc) is 3.13. The van der Waals surface area contributed by atoms with Crippen LogP contribution < -0.4 is 5.32 Å². The first-order valence-electron chi connectivity index (χ1n) is 7.40. The highest BCUT2D eigenvalue weighted by Crippen LogP contribution is 2.43. The van der Waals surface area contributed by atoms with Gasteiger partial charge in [0.1, 0.15) is 12.4 Å². The molecule has 0 spiro atoms. The molecule has 0 fully saturated rings. The van der Waals surface area contributed by atoms with Crippen LogP contribution in [0.5, 0.6) is 0 Å². The minimum Gasteiger partial charge on any atom is -0.467 e. The summed E-state index contributed by atoms with van der Waals surface area (Å²) >= 11 is 3.88. The third-order valence-electron chi connectivity index (χ3n) is 3.59. The van der Waals surface area contributed by atoms with E-state index in [4.69, 9.17) is 9.15 Å². The number of furan rings is 1. The number of thioether (sulfide) groups is 1. The van der Waals surface area contributed by atoms with Crippen LogP contribution in [0.1, 0.15) is 37.1 Å². The van der Waals surface area contributed by atoms with Gasteiger partial charge in [-0.15, -0.1) is 23.1 Å². The predicted octanol–water partition coefficient (Wildman–Crippen LogP) is 4.46. The molecule has 0 aromatic carbocycles. The molecule has 0 radical (unpaired) electrons. The Hall–Kier alpha value is -0.750. The molecule has 21 heavy (non-hydrogen) atoms. The lowest BCUT2D eigenvalue weighted by atomic mass is 10.0. The first-order chi connectivity index (χ1) is 10.3. The largest absolute Gasteiger partial charge is 0.467 e. The van der Waals surface area contributed by atoms with Gasteiger partial charge in [0.05, 0.1) is 10.5 Å². The number of fused-ring (bicyclic) bond motifs is 1. The van der Waals surface area contributed by atoms with Crippen LogP contribution in [0.3, 0.4) is 0 Å². The molecule has 3 nitrogen and oxygen atoms in total. The minimum atomic E-state index is 0.507. The molecule has 1 N–H and O–H groups in total. The van der Waals surface area contributed by atoms with E-state index in [0.29, 0.717) is 17.9 Å². The lowest BCUT2D eigenvalue weighted by Crippen LogP contribution is -2.27. The van der Waals surface area contributed by atoms with E-state index in [1.54, 1.807) is 6.26 Å². The van der Waals surface area contributed by atoms with E-state index in [1.165, 1.54) is 16.2 Å². The summed E-state index contributed by atoms with van der Waals surface area (Å²) in [5, 5.41) is 6.58. The van der Waals surface area contributed by atoms with Gasteiger partial charge >= 0.3 is 0 Å². The lowest BCUT2D eigenvalue weighted by Gasteiger charge is -2.27. The van der Waals surface area contributed by atoms with Gasteiger partial charge < -0.3 is 14.5 Å². The fourth-order valence-electron chi connectivity index (χ4n) is 2.56. The molecule has 5 heteroatoms. The average molecular weight is 323 g/mol. The third kappa shape index (κ3) is 4.13. The van der Waals surface area contributed by atoms with Crippen LogP contribution in [0, 0.1) is 0 Å². The quantitative estimate of drug-likeness (QED) is 0.763. The van der Waals surface area contributed by atoms with Gasteiger partial charge in [-0.3, -0.25) is 0 Å². The van der Waals surface area contributed by atoms with Gasteiger partial charge in [-0.05, 0) is 48.5 Å². The number of ether oxygens (including phenoxy) is 1. The van der Waals surface area contributed by atoms with Crippen LogP contribution in [-0.4, -0.2) is 18.4 Å². The van der Waals surface area contributed by atoms with Crippen molar-refractivity contribution >= 4 is 23.1 Å². The van der Waals surface area contributed by atoms with Crippen molar-refractivity contribution in [2.45, 2.75) is 41.9 Å². The fraction of sp³-hybridized carbons (Fsp3) is 0.500. The van der Waals surface area contributed by atoms with Gasteiger partial charge in [-0.2, -0.15) is 0 Å². The smallest absolute Gasteiger partial charge is 0.129 e. The van der Waals surface area contributed by atoms with Crippen molar-refractivity contribution in [3.63, 3.8) is 0 Å². The van der Waals surface area contributed by atoms with Crippen molar-refractivity contribution < 1.29 is 9.15 Å². The minimum absolute atomic E-state index is 0.507. The van der Waals surface area contributed by atoms with E-state index in [2.05, 4.69) is 23.7 Å². The molecule has 0 bridgehead atoms. The van der Waals surface area contributed by atoms with E-state index < -0.39 is 0 Å². The molecule has 1 aliphatic heterocycles. The number of thiophene rings is 1. The monoisotopic (exact) mass is 323 g/mol. The number of rotatable bonds is 7. The highest BCUT2D eigenvalue weighted by atomic mass is 32.2. The molecule has 114 valence electrons. The molecule has 0 saturated heterocycles. The highest BCUT2D eigenvalue weighted by Gasteiger charge is 2.25. The fourth-order valence-corrected chi connectivity index (χ4v) is 5.13. The van der Waals surface area contributed by atoms with Crippen molar-refractivity contribution in [1.29, 1.82) is 0 Å². The molecule has 3 heterocycles. The van der Waals surface area contributed by atoms with E-state index in [1.807, 2.05) is 35.2 Å². The normalized spacial score (nSPS) is 21.4. The van der Waals surface area contributed by atoms with Crippen molar-refractivity contribution in [3.8, 4) is 0 Å². The van der Waals surface area contributed by atoms with Crippen LogP contribution in [-0.2, 0) is 11.3 Å². The van der Waals surface area contributed by atoms with Gasteiger partial charge in [0.15, 0.2) is 0 Å². The van der Waals surface area contributed by atoms with Crippen LogP contribution in [0.15, 0.2) is 38.5 Å². The van der Waals surface area contributed by atoms with Gasteiger partial charge in [0, 0.05) is 17.9 Å². The second-order valence-corrected chi connectivity index (χ2v) is 7.94. The van der Waals surface area contributed by atoms with Crippen molar-refractivity contribution in [3.05, 3.63) is 41.2 Å². The predicted molar refractivity (Wildman–Crippen MR) is 88.0 cm³/mol. The van der Waals surface area contributed by atoms with Crippen molar-refractivity contribution in [2.75, 3.05) is 13.2 Å². The molecule has 2 aromatic heterocycles. The first kappa shape index (κ1) is 15.2. The standard InChI is InChI=1S/C16H21NO2S2/c1-12-10-15(14-5-9-20-16(14)21-12)17-6-3-7-18-11-13-4-2-8-19-13/h2,4-5,8-9,12,15,17H,3,6-7,10-11H2,1H3/t12-,15?/m0/s1. The van der Waals surface area contributed by atoms with Gasteiger partial charge in [-0.25, -0.2) is 0 Å². The molecule has 1 aliphatic rings. The molecule has 0 aliphatic carbocycles. The molecule has 0 saturated carbocycles. The first-order valence-corrected chi connectivity index (χ1v) is 9.16. The zero-order valence-corrected chi connectivity index (χ0v) is 13.8. The van der Waals surface area contributed by atoms with Gasteiger partial charge in [-0.1, -0.05) is 6.92 Å². The summed E-state index contributed by atoms with van der Waals surface area (Å²) in [6.45, 7) is 4.64. The van der Waals surface area contributed by atoms with Crippen molar-refractivity contribution in [2.24, 2.45) is 0 Å². The molecule has 0 amide bonds. The van der Waals surface area contributed by atoms with Crippen molar-refractivity contribution in [1.82, 2.24) is 5.32 Å². The van der Waals surface area contributed by atoms with Crippen LogP contribution in [0.25, 0.3) is 0 Å². The Labute approximate surface area is 134 Å². The summed E-state index contributed by atoms with van der Waals surface area (Å²) in [4.78, 5) is 0. The number of hydrogen-bond donors (Lipinski definition) is 1. The Morgan fingerprint density at radius 2 is 2.38 bits per heavy atom. The van der Waals surface area contributed by atoms with Crippen LogP contribution in [0.2, 0.25) is 0 Å². The second kappa shape index (κ2) is 7.49. The Morgan fingerprint density at radius 3 is 3.24 bits per heavy atom. The Morgan fingerprint density at radius 1 is 1.43 bits per heavy atom. The van der Waals surface area contributed by atoms with Gasteiger partial charge in [0.25, 0.3) is 0 Å². The molecule has 1 unspecified atom stereocenters. The maximum atomic E-state index is 5.61. The van der Waals surface area contributed by atoms with Gasteiger partial charge in [0.2, 0.25) is 0 Å². The Bertz CT molecular complexity index is 538. The SMILES string of the molecule is C[C@H]1CC(NCCCOCc2ccco2)c2ccsc2S1. The lowest BCUT2D eigenvalue weighted by molar-refractivity contribution is 0.103. The molecule has 2 aromatic rings. The summed E-state index contributed by atoms with van der Waals surface area (Å²) in [5.74, 6) is 0.893. The Balaban J connectivity index is 1.36. The molecule has 2 atom stereocenters. The van der Waals surface area contributed by atoms with Crippen LogP contribution in [0.4, 0.5) is 0 Å². The molecular weight excluding hydrogens is 302 g/mol. The summed E-state index contributed by atoms with van der Waals surface area (Å²) in [6, 6.07) is 6.61. The molecule has 3 rings (SSSR count). The summed E-state index contributed by atoms with van der Waals surface area (Å²) < 4.78 is 12.3. The zero-order valence-electron chi connectivity index (χ0n) is 12.2. The van der Waals surface area contributed by atoms with E-state index in [0.717, 1.165) is 25.3 Å². The second-order valence-electron chi connectivity index (χ2n) is 5.32. The highest BCUT2D eigenvalue weighted by molar-refractivity contribution is 8.01. The summed E-state index contributed by atoms with van der Waals surface area (Å²) in [5.41, 5.74) is 1.49. The summed E-state index contributed by atoms with van der Waals surface area (Å²) in [6.07, 6.45) is 3.92.